The molecule has 11 nitrogen and oxygen atoms in total. The number of nitrogens with zero attached hydrogens (tertiary/aromatic N) is 7. The smallest absolute Gasteiger partial charge is 0.410 e. The quantitative estimate of drug-likeness (QED) is 0.597. The molecule has 0 radical (unpaired) electrons. The molecule has 166 valence electrons. The van der Waals surface area contributed by atoms with Crippen molar-refractivity contribution in [1.82, 2.24) is 29.5 Å². The number of piperazine rings is 1. The number of amides is 1. The van der Waals surface area contributed by atoms with E-state index in [1.807, 2.05) is 12.3 Å². The maximum atomic E-state index is 12.7. The number of rotatable bonds is 3. The van der Waals surface area contributed by atoms with E-state index < -0.39 is 0 Å². The highest BCUT2D eigenvalue weighted by Crippen LogP contribution is 2.33. The molecule has 3 saturated heterocycles. The van der Waals surface area contributed by atoms with Crippen molar-refractivity contribution in [3.8, 4) is 11.3 Å². The Morgan fingerprint density at radius 2 is 2.03 bits per heavy atom. The normalized spacial score (nSPS) is 25.3. The number of carbonyl (C=O) groups is 1. The van der Waals surface area contributed by atoms with Crippen LogP contribution in [0, 0.1) is 5.92 Å². The summed E-state index contributed by atoms with van der Waals surface area (Å²) in [6.07, 6.45) is 8.77. The predicted octanol–water partition coefficient (Wildman–Crippen LogP) is 1.21. The van der Waals surface area contributed by atoms with E-state index in [1.54, 1.807) is 34.2 Å². The Morgan fingerprint density at radius 3 is 2.88 bits per heavy atom. The van der Waals surface area contributed by atoms with Crippen molar-refractivity contribution >= 4 is 17.6 Å². The summed E-state index contributed by atoms with van der Waals surface area (Å²) in [5.74, 6) is 0.988. The number of carbonyl (C=O) groups excluding carboxylic acids is 1. The molecule has 6 heterocycles. The van der Waals surface area contributed by atoms with E-state index in [-0.39, 0.29) is 24.4 Å². The highest BCUT2D eigenvalue weighted by atomic mass is 16.7. The molecule has 0 unspecified atom stereocenters. The van der Waals surface area contributed by atoms with E-state index >= 15 is 0 Å². The molecule has 3 fully saturated rings. The van der Waals surface area contributed by atoms with Gasteiger partial charge in [-0.25, -0.2) is 14.3 Å². The molecule has 11 heteroatoms. The second kappa shape index (κ2) is 7.99. The van der Waals surface area contributed by atoms with Gasteiger partial charge in [0.2, 0.25) is 0 Å². The summed E-state index contributed by atoms with van der Waals surface area (Å²) in [5.41, 5.74) is 2.28. The van der Waals surface area contributed by atoms with E-state index in [2.05, 4.69) is 20.0 Å². The Kier molecular flexibility index (Phi) is 4.84. The first-order valence-electron chi connectivity index (χ1n) is 10.8. The summed E-state index contributed by atoms with van der Waals surface area (Å²) in [6.45, 7) is 3.55. The molecule has 3 atom stereocenters. The van der Waals surface area contributed by atoms with Crippen molar-refractivity contribution in [2.24, 2.45) is 5.92 Å². The fraction of sp³-hybridized carbons (Fsp3) is 0.476. The Labute approximate surface area is 183 Å². The van der Waals surface area contributed by atoms with Crippen LogP contribution >= 0.6 is 0 Å². The Morgan fingerprint density at radius 1 is 1.12 bits per heavy atom. The minimum atomic E-state index is -0.282. The molecule has 0 aliphatic carbocycles. The van der Waals surface area contributed by atoms with Gasteiger partial charge in [0.05, 0.1) is 42.8 Å². The minimum Gasteiger partial charge on any atom is -0.443 e. The van der Waals surface area contributed by atoms with E-state index in [9.17, 15) is 4.79 Å². The van der Waals surface area contributed by atoms with Gasteiger partial charge in [-0.3, -0.25) is 9.97 Å². The zero-order valence-corrected chi connectivity index (χ0v) is 17.4. The first kappa shape index (κ1) is 19.4. The first-order chi connectivity index (χ1) is 15.8. The minimum absolute atomic E-state index is 0.148. The fourth-order valence-electron chi connectivity index (χ4n) is 4.52. The molecule has 0 bridgehead atoms. The lowest BCUT2D eigenvalue weighted by molar-refractivity contribution is -0.0907. The van der Waals surface area contributed by atoms with Crippen LogP contribution in [-0.2, 0) is 14.2 Å². The lowest BCUT2D eigenvalue weighted by Crippen LogP contribution is -2.50. The van der Waals surface area contributed by atoms with Gasteiger partial charge < -0.3 is 24.0 Å². The van der Waals surface area contributed by atoms with Gasteiger partial charge in [0.15, 0.2) is 11.9 Å². The number of hydrogen-bond donors (Lipinski definition) is 0. The average molecular weight is 437 g/mol. The molecular weight excluding hydrogens is 414 g/mol. The van der Waals surface area contributed by atoms with Crippen LogP contribution in [0.3, 0.4) is 0 Å². The SMILES string of the molecule is O=C(O[C@H]1CO[C@H]2OCC[C@H]21)N1CCN(c2ccn3ncc(-c4cnccn4)c3n2)CC1. The van der Waals surface area contributed by atoms with Crippen LogP contribution in [0.2, 0.25) is 0 Å². The van der Waals surface area contributed by atoms with Gasteiger partial charge >= 0.3 is 6.09 Å². The van der Waals surface area contributed by atoms with Gasteiger partial charge in [-0.15, -0.1) is 0 Å². The van der Waals surface area contributed by atoms with Crippen molar-refractivity contribution in [3.63, 3.8) is 0 Å². The summed E-state index contributed by atoms with van der Waals surface area (Å²) in [5, 5.41) is 4.37. The zero-order valence-electron chi connectivity index (χ0n) is 17.4. The van der Waals surface area contributed by atoms with Crippen LogP contribution < -0.4 is 4.90 Å². The molecule has 3 aliphatic heterocycles. The van der Waals surface area contributed by atoms with E-state index in [4.69, 9.17) is 19.2 Å². The number of ether oxygens (including phenoxy) is 3. The second-order valence-corrected chi connectivity index (χ2v) is 8.12. The van der Waals surface area contributed by atoms with Crippen molar-refractivity contribution in [3.05, 3.63) is 37.1 Å². The van der Waals surface area contributed by atoms with Crippen molar-refractivity contribution in [2.45, 2.75) is 18.8 Å². The molecule has 6 rings (SSSR count). The standard InChI is InChI=1S/C21H23N7O4/c29-21(32-17-13-31-20-14(17)2-10-30-20)27-8-6-26(7-9-27)18-1-5-28-19(25-18)15(11-24-28)16-12-22-3-4-23-16/h1,3-5,11-12,14,17,20H,2,6-10,13H2/t14-,17-,20+/m0/s1. The molecular formula is C21H23N7O4. The molecule has 3 aromatic heterocycles. The largest absolute Gasteiger partial charge is 0.443 e. The molecule has 32 heavy (non-hydrogen) atoms. The van der Waals surface area contributed by atoms with Crippen molar-refractivity contribution in [2.75, 3.05) is 44.3 Å². The highest BCUT2D eigenvalue weighted by Gasteiger charge is 2.44. The van der Waals surface area contributed by atoms with Crippen LogP contribution in [0.4, 0.5) is 10.6 Å². The van der Waals surface area contributed by atoms with Gasteiger partial charge in [-0.05, 0) is 12.5 Å². The Balaban J connectivity index is 1.12. The number of fused-ring (bicyclic) bond motifs is 2. The maximum Gasteiger partial charge on any atom is 0.410 e. The third-order valence-corrected chi connectivity index (χ3v) is 6.29. The Bertz CT molecular complexity index is 1120. The summed E-state index contributed by atoms with van der Waals surface area (Å²) < 4.78 is 18.5. The maximum absolute atomic E-state index is 12.7. The van der Waals surface area contributed by atoms with Crippen LogP contribution in [0.1, 0.15) is 6.42 Å². The third kappa shape index (κ3) is 3.43. The topological polar surface area (TPSA) is 107 Å². The third-order valence-electron chi connectivity index (χ3n) is 6.29. The average Bonchev–Trinajstić information content (AvgIpc) is 3.56. The molecule has 1 amide bonds. The van der Waals surface area contributed by atoms with Crippen LogP contribution in [-0.4, -0.2) is 87.3 Å². The van der Waals surface area contributed by atoms with Crippen LogP contribution in [0.5, 0.6) is 0 Å². The van der Waals surface area contributed by atoms with Crippen LogP contribution in [0.25, 0.3) is 16.9 Å². The lowest BCUT2D eigenvalue weighted by Gasteiger charge is -2.35. The molecule has 0 N–H and O–H groups in total. The van der Waals surface area contributed by atoms with E-state index in [0.29, 0.717) is 39.4 Å². The Hall–Kier alpha value is -3.31. The summed E-state index contributed by atoms with van der Waals surface area (Å²) in [6, 6.07) is 1.94. The summed E-state index contributed by atoms with van der Waals surface area (Å²) in [7, 11) is 0. The van der Waals surface area contributed by atoms with Gasteiger partial charge in [0, 0.05) is 44.8 Å². The second-order valence-electron chi connectivity index (χ2n) is 8.12. The summed E-state index contributed by atoms with van der Waals surface area (Å²) in [4.78, 5) is 29.9. The van der Waals surface area contributed by atoms with Crippen molar-refractivity contribution in [1.29, 1.82) is 0 Å². The zero-order chi connectivity index (χ0) is 21.5. The highest BCUT2D eigenvalue weighted by molar-refractivity contribution is 5.75. The monoisotopic (exact) mass is 437 g/mol. The fourth-order valence-corrected chi connectivity index (χ4v) is 4.52. The van der Waals surface area contributed by atoms with Gasteiger partial charge in [-0.1, -0.05) is 0 Å². The molecule has 0 saturated carbocycles. The van der Waals surface area contributed by atoms with E-state index in [1.165, 1.54) is 0 Å². The first-order valence-corrected chi connectivity index (χ1v) is 10.8. The molecule has 3 aromatic rings. The van der Waals surface area contributed by atoms with E-state index in [0.717, 1.165) is 29.1 Å². The predicted molar refractivity (Wildman–Crippen MR) is 112 cm³/mol. The molecule has 3 aliphatic rings. The molecule has 0 aromatic carbocycles. The molecule has 0 spiro atoms. The number of aromatic nitrogens is 5. The van der Waals surface area contributed by atoms with Crippen LogP contribution in [0.15, 0.2) is 37.1 Å². The summed E-state index contributed by atoms with van der Waals surface area (Å²) >= 11 is 0. The van der Waals surface area contributed by atoms with Gasteiger partial charge in [0.25, 0.3) is 0 Å². The lowest BCUT2D eigenvalue weighted by atomic mass is 10.0. The van der Waals surface area contributed by atoms with Gasteiger partial charge in [-0.2, -0.15) is 5.10 Å². The number of anilines is 1. The van der Waals surface area contributed by atoms with Gasteiger partial charge in [0.1, 0.15) is 11.9 Å². The van der Waals surface area contributed by atoms with Crippen molar-refractivity contribution < 1.29 is 19.0 Å². The number of hydrogen-bond acceptors (Lipinski definition) is 9.